The van der Waals surface area contributed by atoms with Crippen molar-refractivity contribution in [1.29, 1.82) is 0 Å². The number of nitro benzene ring substituents is 1. The number of hydrogen-bond donors (Lipinski definition) is 0. The lowest BCUT2D eigenvalue weighted by molar-refractivity contribution is -0.385. The van der Waals surface area contributed by atoms with Crippen LogP contribution in [0.3, 0.4) is 0 Å². The van der Waals surface area contributed by atoms with E-state index in [0.717, 1.165) is 32.7 Å². The van der Waals surface area contributed by atoms with E-state index in [1.165, 1.54) is 6.07 Å². The lowest BCUT2D eigenvalue weighted by Gasteiger charge is -2.32. The number of ether oxygens (including phenoxy) is 2. The summed E-state index contributed by atoms with van der Waals surface area (Å²) in [6, 6.07) is 6.38. The topological polar surface area (TPSA) is 68.1 Å². The number of hydrogen-bond acceptors (Lipinski definition) is 6. The Bertz CT molecular complexity index is 476. The molecule has 0 amide bonds. The molecule has 0 N–H and O–H groups in total. The first-order chi connectivity index (χ1) is 10.7. The Labute approximate surface area is 130 Å². The molecule has 1 heterocycles. The molecule has 0 unspecified atom stereocenters. The molecule has 122 valence electrons. The van der Waals surface area contributed by atoms with Crippen molar-refractivity contribution in [3.8, 4) is 5.75 Å². The third kappa shape index (κ3) is 5.25. The minimum atomic E-state index is -0.441. The molecule has 0 atom stereocenters. The van der Waals surface area contributed by atoms with Gasteiger partial charge in [0, 0.05) is 38.8 Å². The summed E-state index contributed by atoms with van der Waals surface area (Å²) < 4.78 is 11.0. The summed E-state index contributed by atoms with van der Waals surface area (Å²) in [5.41, 5.74) is -0.0139. The highest BCUT2D eigenvalue weighted by Gasteiger charge is 2.14. The van der Waals surface area contributed by atoms with Gasteiger partial charge >= 0.3 is 5.69 Å². The van der Waals surface area contributed by atoms with Crippen LogP contribution < -0.4 is 4.74 Å². The van der Waals surface area contributed by atoms with Crippen LogP contribution in [0.4, 0.5) is 5.69 Å². The summed E-state index contributed by atoms with van der Waals surface area (Å²) in [6.45, 7) is 6.66. The van der Waals surface area contributed by atoms with Crippen molar-refractivity contribution in [2.45, 2.75) is 0 Å². The minimum absolute atomic E-state index is 0.0139. The van der Waals surface area contributed by atoms with Crippen LogP contribution in [0.2, 0.25) is 0 Å². The number of benzene rings is 1. The van der Waals surface area contributed by atoms with Gasteiger partial charge in [-0.25, -0.2) is 0 Å². The average molecular weight is 309 g/mol. The van der Waals surface area contributed by atoms with Crippen molar-refractivity contribution in [3.05, 3.63) is 34.4 Å². The summed E-state index contributed by atoms with van der Waals surface area (Å²) in [5.74, 6) is 0.287. The Hall–Kier alpha value is -1.70. The molecule has 7 nitrogen and oxygen atoms in total. The van der Waals surface area contributed by atoms with Crippen LogP contribution in [0, 0.1) is 10.1 Å². The van der Waals surface area contributed by atoms with Gasteiger partial charge in [-0.3, -0.25) is 15.0 Å². The third-order valence-corrected chi connectivity index (χ3v) is 3.69. The van der Waals surface area contributed by atoms with Crippen LogP contribution in [0.25, 0.3) is 0 Å². The monoisotopic (exact) mass is 309 g/mol. The van der Waals surface area contributed by atoms with E-state index in [9.17, 15) is 10.1 Å². The Kier molecular flexibility index (Phi) is 6.57. The Balaban J connectivity index is 1.59. The van der Waals surface area contributed by atoms with Crippen molar-refractivity contribution in [3.63, 3.8) is 0 Å². The number of rotatable bonds is 8. The zero-order chi connectivity index (χ0) is 15.8. The maximum absolute atomic E-state index is 10.8. The highest BCUT2D eigenvalue weighted by atomic mass is 16.6. The molecule has 0 radical (unpaired) electrons. The van der Waals surface area contributed by atoms with Crippen LogP contribution in [-0.4, -0.2) is 74.3 Å². The number of nitro groups is 1. The zero-order valence-electron chi connectivity index (χ0n) is 12.9. The highest BCUT2D eigenvalue weighted by molar-refractivity contribution is 5.45. The van der Waals surface area contributed by atoms with Crippen molar-refractivity contribution in [2.75, 3.05) is 59.6 Å². The molecule has 1 aliphatic heterocycles. The SMILES string of the molecule is CN1CCN(CCOCCOc2ccccc2[N+](=O)[O-])CC1. The average Bonchev–Trinajstić information content (AvgIpc) is 2.52. The van der Waals surface area contributed by atoms with Crippen LogP contribution >= 0.6 is 0 Å². The fraction of sp³-hybridized carbons (Fsp3) is 0.600. The van der Waals surface area contributed by atoms with Gasteiger partial charge in [0.05, 0.1) is 18.1 Å². The van der Waals surface area contributed by atoms with Crippen molar-refractivity contribution in [2.24, 2.45) is 0 Å². The van der Waals surface area contributed by atoms with Gasteiger partial charge in [-0.05, 0) is 13.1 Å². The molecule has 0 aromatic heterocycles. The van der Waals surface area contributed by atoms with Gasteiger partial charge < -0.3 is 14.4 Å². The summed E-state index contributed by atoms with van der Waals surface area (Å²) in [7, 11) is 2.13. The van der Waals surface area contributed by atoms with Gasteiger partial charge in [0.15, 0.2) is 5.75 Å². The van der Waals surface area contributed by atoms with Crippen LogP contribution in [0.15, 0.2) is 24.3 Å². The molecule has 0 bridgehead atoms. The molecule has 1 aromatic carbocycles. The van der Waals surface area contributed by atoms with Gasteiger partial charge in [0.25, 0.3) is 0 Å². The van der Waals surface area contributed by atoms with E-state index in [2.05, 4.69) is 16.8 Å². The third-order valence-electron chi connectivity index (χ3n) is 3.69. The Morgan fingerprint density at radius 2 is 1.86 bits per heavy atom. The van der Waals surface area contributed by atoms with E-state index in [1.54, 1.807) is 18.2 Å². The molecular weight excluding hydrogens is 286 g/mol. The maximum atomic E-state index is 10.8. The van der Waals surface area contributed by atoms with Crippen molar-refractivity contribution < 1.29 is 14.4 Å². The number of piperazine rings is 1. The highest BCUT2D eigenvalue weighted by Crippen LogP contribution is 2.25. The lowest BCUT2D eigenvalue weighted by Crippen LogP contribution is -2.45. The molecule has 1 saturated heterocycles. The largest absolute Gasteiger partial charge is 0.484 e. The van der Waals surface area contributed by atoms with E-state index < -0.39 is 4.92 Å². The molecule has 7 heteroatoms. The quantitative estimate of drug-likeness (QED) is 0.409. The number of likely N-dealkylation sites (N-methyl/N-ethyl adjacent to an activating group) is 1. The van der Waals surface area contributed by atoms with Crippen LogP contribution in [-0.2, 0) is 4.74 Å². The smallest absolute Gasteiger partial charge is 0.310 e. The molecular formula is C15H23N3O4. The summed E-state index contributed by atoms with van der Waals surface area (Å²) in [5, 5.41) is 10.8. The van der Waals surface area contributed by atoms with Gasteiger partial charge in [-0.15, -0.1) is 0 Å². The lowest BCUT2D eigenvalue weighted by atomic mass is 10.3. The van der Waals surface area contributed by atoms with Gasteiger partial charge in [-0.2, -0.15) is 0 Å². The fourth-order valence-electron chi connectivity index (χ4n) is 2.31. The summed E-state index contributed by atoms with van der Waals surface area (Å²) in [6.07, 6.45) is 0. The Morgan fingerprint density at radius 1 is 1.14 bits per heavy atom. The van der Waals surface area contributed by atoms with Crippen LogP contribution in [0.1, 0.15) is 0 Å². The fourth-order valence-corrected chi connectivity index (χ4v) is 2.31. The molecule has 2 rings (SSSR count). The van der Waals surface area contributed by atoms with Gasteiger partial charge in [0.2, 0.25) is 0 Å². The molecule has 1 fully saturated rings. The van der Waals surface area contributed by atoms with Gasteiger partial charge in [0.1, 0.15) is 6.61 Å². The van der Waals surface area contributed by atoms with Gasteiger partial charge in [-0.1, -0.05) is 12.1 Å². The second-order valence-electron chi connectivity index (χ2n) is 5.33. The van der Waals surface area contributed by atoms with E-state index in [0.29, 0.717) is 19.8 Å². The first kappa shape index (κ1) is 16.7. The molecule has 0 spiro atoms. The second-order valence-corrected chi connectivity index (χ2v) is 5.33. The van der Waals surface area contributed by atoms with Crippen molar-refractivity contribution in [1.82, 2.24) is 9.80 Å². The van der Waals surface area contributed by atoms with E-state index in [-0.39, 0.29) is 11.4 Å². The predicted molar refractivity (Wildman–Crippen MR) is 83.3 cm³/mol. The van der Waals surface area contributed by atoms with E-state index in [1.807, 2.05) is 0 Å². The molecule has 22 heavy (non-hydrogen) atoms. The van der Waals surface area contributed by atoms with Crippen molar-refractivity contribution >= 4 is 5.69 Å². The number of nitrogens with zero attached hydrogens (tertiary/aromatic N) is 3. The van der Waals surface area contributed by atoms with Crippen LogP contribution in [0.5, 0.6) is 5.75 Å². The summed E-state index contributed by atoms with van der Waals surface area (Å²) in [4.78, 5) is 15.1. The standard InChI is InChI=1S/C15H23N3O4/c1-16-6-8-17(9-7-16)10-11-21-12-13-22-15-5-3-2-4-14(15)18(19)20/h2-5H,6-13H2,1H3. The number of para-hydroxylation sites is 2. The van der Waals surface area contributed by atoms with E-state index in [4.69, 9.17) is 9.47 Å². The minimum Gasteiger partial charge on any atom is -0.484 e. The Morgan fingerprint density at radius 3 is 2.59 bits per heavy atom. The molecule has 0 aliphatic carbocycles. The molecule has 1 aromatic rings. The molecule has 0 saturated carbocycles. The second kappa shape index (κ2) is 8.67. The van der Waals surface area contributed by atoms with E-state index >= 15 is 0 Å². The first-order valence-electron chi connectivity index (χ1n) is 7.51. The maximum Gasteiger partial charge on any atom is 0.310 e. The zero-order valence-corrected chi connectivity index (χ0v) is 12.9. The first-order valence-corrected chi connectivity index (χ1v) is 7.51. The molecule has 1 aliphatic rings. The predicted octanol–water partition coefficient (Wildman–Crippen LogP) is 1.24. The normalized spacial score (nSPS) is 16.6. The summed E-state index contributed by atoms with van der Waals surface area (Å²) >= 11 is 0.